The van der Waals surface area contributed by atoms with Crippen LogP contribution in [0.1, 0.15) is 26.7 Å². The van der Waals surface area contributed by atoms with Gasteiger partial charge in [-0.2, -0.15) is 0 Å². The Morgan fingerprint density at radius 2 is 1.38 bits per heavy atom. The van der Waals surface area contributed by atoms with Crippen LogP contribution in [-0.4, -0.2) is 26.0 Å². The average Bonchev–Trinajstić information content (AvgIpc) is 2.71. The second-order valence-electron chi connectivity index (χ2n) is 8.01. The highest BCUT2D eigenvalue weighted by Crippen LogP contribution is 2.53. The van der Waals surface area contributed by atoms with Gasteiger partial charge in [0.05, 0.1) is 14.2 Å². The molecular weight excluding hydrogens is 368 g/mol. The molecule has 0 aliphatic heterocycles. The van der Waals surface area contributed by atoms with Crippen LogP contribution >= 0.6 is 0 Å². The van der Waals surface area contributed by atoms with Gasteiger partial charge in [-0.05, 0) is 66.3 Å². The lowest BCUT2D eigenvalue weighted by atomic mass is 9.53. The van der Waals surface area contributed by atoms with Crippen molar-refractivity contribution in [3.8, 4) is 11.5 Å². The second kappa shape index (κ2) is 8.55. The SMILES string of the molecule is COc1ccc(NC(=O)C[C@H]2C[C@H](C(=O)Nc3ccc(OC)cc3)C2(C)C)cc1. The molecule has 2 N–H and O–H groups in total. The molecular formula is C23H28N2O4. The minimum atomic E-state index is -0.242. The monoisotopic (exact) mass is 396 g/mol. The van der Waals surface area contributed by atoms with Crippen molar-refractivity contribution in [2.45, 2.75) is 26.7 Å². The van der Waals surface area contributed by atoms with Gasteiger partial charge in [0.25, 0.3) is 0 Å². The van der Waals surface area contributed by atoms with Gasteiger partial charge in [0, 0.05) is 23.7 Å². The number of carbonyl (C=O) groups excluding carboxylic acids is 2. The fourth-order valence-electron chi connectivity index (χ4n) is 3.82. The van der Waals surface area contributed by atoms with Gasteiger partial charge in [-0.1, -0.05) is 13.8 Å². The van der Waals surface area contributed by atoms with Crippen molar-refractivity contribution in [2.75, 3.05) is 24.9 Å². The molecule has 2 amide bonds. The molecule has 2 atom stereocenters. The number of benzene rings is 2. The number of hydrogen-bond acceptors (Lipinski definition) is 4. The zero-order valence-corrected chi connectivity index (χ0v) is 17.3. The molecule has 0 radical (unpaired) electrons. The topological polar surface area (TPSA) is 76.7 Å². The quantitative estimate of drug-likeness (QED) is 0.730. The molecule has 0 aromatic heterocycles. The number of amides is 2. The third kappa shape index (κ3) is 4.70. The second-order valence-corrected chi connectivity index (χ2v) is 8.01. The van der Waals surface area contributed by atoms with Gasteiger partial charge in [-0.25, -0.2) is 0 Å². The third-order valence-corrected chi connectivity index (χ3v) is 5.95. The average molecular weight is 396 g/mol. The van der Waals surface area contributed by atoms with Crippen molar-refractivity contribution >= 4 is 23.2 Å². The zero-order chi connectivity index (χ0) is 21.0. The van der Waals surface area contributed by atoms with Gasteiger partial charge in [0.1, 0.15) is 11.5 Å². The number of carbonyl (C=O) groups is 2. The molecule has 6 heteroatoms. The summed E-state index contributed by atoms with van der Waals surface area (Å²) in [5.41, 5.74) is 1.24. The number of ether oxygens (including phenoxy) is 2. The van der Waals surface area contributed by atoms with Gasteiger partial charge >= 0.3 is 0 Å². The lowest BCUT2D eigenvalue weighted by Gasteiger charge is -2.51. The fraction of sp³-hybridized carbons (Fsp3) is 0.391. The highest BCUT2D eigenvalue weighted by molar-refractivity contribution is 5.95. The standard InChI is InChI=1S/C23H28N2O4/c1-23(2)15(14-21(26)24-16-5-9-18(28-3)10-6-16)13-20(23)22(27)25-17-7-11-19(29-4)12-8-17/h5-12,15,20H,13-14H2,1-4H3,(H,24,26)(H,25,27)/t15-,20-/m1/s1. The van der Waals surface area contributed by atoms with Crippen molar-refractivity contribution in [1.82, 2.24) is 0 Å². The summed E-state index contributed by atoms with van der Waals surface area (Å²) >= 11 is 0. The highest BCUT2D eigenvalue weighted by Gasteiger charge is 2.51. The minimum Gasteiger partial charge on any atom is -0.497 e. The Labute approximate surface area is 171 Å². The van der Waals surface area contributed by atoms with E-state index < -0.39 is 0 Å². The smallest absolute Gasteiger partial charge is 0.228 e. The van der Waals surface area contributed by atoms with Crippen molar-refractivity contribution in [2.24, 2.45) is 17.3 Å². The van der Waals surface area contributed by atoms with Crippen LogP contribution in [0, 0.1) is 17.3 Å². The normalized spacial score (nSPS) is 19.6. The molecule has 6 nitrogen and oxygen atoms in total. The summed E-state index contributed by atoms with van der Waals surface area (Å²) in [7, 11) is 3.21. The number of rotatable bonds is 7. The van der Waals surface area contributed by atoms with E-state index in [4.69, 9.17) is 9.47 Å². The first-order valence-corrected chi connectivity index (χ1v) is 9.72. The molecule has 0 heterocycles. The fourth-order valence-corrected chi connectivity index (χ4v) is 3.82. The van der Waals surface area contributed by atoms with E-state index in [1.807, 2.05) is 48.5 Å². The lowest BCUT2D eigenvalue weighted by Crippen LogP contribution is -2.51. The first-order valence-electron chi connectivity index (χ1n) is 9.72. The first kappa shape index (κ1) is 20.7. The van der Waals surface area contributed by atoms with E-state index in [2.05, 4.69) is 24.5 Å². The van der Waals surface area contributed by atoms with Crippen LogP contribution in [0.25, 0.3) is 0 Å². The maximum atomic E-state index is 12.7. The Hall–Kier alpha value is -3.02. The van der Waals surface area contributed by atoms with Gasteiger partial charge in [0.15, 0.2) is 0 Å². The Bertz CT molecular complexity index is 859. The largest absolute Gasteiger partial charge is 0.497 e. The van der Waals surface area contributed by atoms with E-state index in [-0.39, 0.29) is 29.1 Å². The van der Waals surface area contributed by atoms with E-state index in [9.17, 15) is 9.59 Å². The Morgan fingerprint density at radius 3 is 1.83 bits per heavy atom. The van der Waals surface area contributed by atoms with E-state index in [0.717, 1.165) is 22.9 Å². The van der Waals surface area contributed by atoms with Crippen molar-refractivity contribution in [3.63, 3.8) is 0 Å². The summed E-state index contributed by atoms with van der Waals surface area (Å²) in [6, 6.07) is 14.5. The molecule has 3 rings (SSSR count). The van der Waals surface area contributed by atoms with Crippen LogP contribution in [0.5, 0.6) is 11.5 Å². The molecule has 0 unspecified atom stereocenters. The van der Waals surface area contributed by atoms with E-state index in [1.165, 1.54) is 0 Å². The molecule has 154 valence electrons. The summed E-state index contributed by atoms with van der Waals surface area (Å²) in [5.74, 6) is 1.48. The molecule has 2 aromatic rings. The summed E-state index contributed by atoms with van der Waals surface area (Å²) in [6.07, 6.45) is 1.09. The van der Waals surface area contributed by atoms with Crippen molar-refractivity contribution < 1.29 is 19.1 Å². The molecule has 2 aromatic carbocycles. The number of hydrogen-bond donors (Lipinski definition) is 2. The zero-order valence-electron chi connectivity index (χ0n) is 17.3. The lowest BCUT2D eigenvalue weighted by molar-refractivity contribution is -0.138. The van der Waals surface area contributed by atoms with E-state index in [0.29, 0.717) is 12.8 Å². The summed E-state index contributed by atoms with van der Waals surface area (Å²) in [5, 5.41) is 5.89. The van der Waals surface area contributed by atoms with Crippen molar-refractivity contribution in [1.29, 1.82) is 0 Å². The van der Waals surface area contributed by atoms with Gasteiger partial charge < -0.3 is 20.1 Å². The molecule has 1 saturated carbocycles. The Balaban J connectivity index is 1.52. The number of methoxy groups -OCH3 is 2. The van der Waals surface area contributed by atoms with Crippen LogP contribution in [0.2, 0.25) is 0 Å². The summed E-state index contributed by atoms with van der Waals surface area (Å²) < 4.78 is 10.3. The number of anilines is 2. The van der Waals surface area contributed by atoms with Gasteiger partial charge in [-0.3, -0.25) is 9.59 Å². The maximum Gasteiger partial charge on any atom is 0.228 e. The molecule has 0 bridgehead atoms. The van der Waals surface area contributed by atoms with Crippen LogP contribution in [0.15, 0.2) is 48.5 Å². The Morgan fingerprint density at radius 1 is 0.897 bits per heavy atom. The van der Waals surface area contributed by atoms with Gasteiger partial charge in [-0.15, -0.1) is 0 Å². The van der Waals surface area contributed by atoms with E-state index >= 15 is 0 Å². The molecule has 0 saturated heterocycles. The predicted molar refractivity (Wildman–Crippen MR) is 113 cm³/mol. The van der Waals surface area contributed by atoms with Crippen LogP contribution in [-0.2, 0) is 9.59 Å². The van der Waals surface area contributed by atoms with Crippen LogP contribution < -0.4 is 20.1 Å². The number of nitrogens with one attached hydrogen (secondary N) is 2. The van der Waals surface area contributed by atoms with Crippen molar-refractivity contribution in [3.05, 3.63) is 48.5 Å². The van der Waals surface area contributed by atoms with E-state index in [1.54, 1.807) is 14.2 Å². The molecule has 1 aliphatic rings. The predicted octanol–water partition coefficient (Wildman–Crippen LogP) is 4.33. The van der Waals surface area contributed by atoms with Crippen LogP contribution in [0.4, 0.5) is 11.4 Å². The maximum absolute atomic E-state index is 12.7. The molecule has 0 spiro atoms. The molecule has 1 aliphatic carbocycles. The first-order chi connectivity index (χ1) is 13.8. The highest BCUT2D eigenvalue weighted by atomic mass is 16.5. The third-order valence-electron chi connectivity index (χ3n) is 5.95. The molecule has 1 fully saturated rings. The molecule has 29 heavy (non-hydrogen) atoms. The van der Waals surface area contributed by atoms with Gasteiger partial charge in [0.2, 0.25) is 11.8 Å². The minimum absolute atomic E-state index is 0.00743. The summed E-state index contributed by atoms with van der Waals surface area (Å²) in [4.78, 5) is 25.1. The summed E-state index contributed by atoms with van der Waals surface area (Å²) in [6.45, 7) is 4.11. The Kier molecular flexibility index (Phi) is 6.11. The van der Waals surface area contributed by atoms with Crippen LogP contribution in [0.3, 0.4) is 0 Å².